The van der Waals surface area contributed by atoms with E-state index in [-0.39, 0.29) is 5.91 Å². The van der Waals surface area contributed by atoms with E-state index in [9.17, 15) is 4.79 Å². The van der Waals surface area contributed by atoms with Crippen LogP contribution in [-0.2, 0) is 0 Å². The molecular weight excluding hydrogens is 206 g/mol. The molecule has 0 saturated carbocycles. The number of hydrogen-bond acceptors (Lipinski definition) is 2. The molecule has 1 aromatic heterocycles. The molecule has 0 aliphatic heterocycles. The molecule has 0 saturated heterocycles. The number of amides is 1. The molecule has 1 aromatic rings. The number of rotatable bonds is 4. The maximum Gasteiger partial charge on any atom is 0.261 e. The zero-order valence-electron chi connectivity index (χ0n) is 9.89. The molecular formula is C12H19NOS. The second-order valence-corrected chi connectivity index (χ2v) is 5.09. The van der Waals surface area contributed by atoms with Crippen molar-refractivity contribution < 1.29 is 4.79 Å². The van der Waals surface area contributed by atoms with Crippen LogP contribution < -0.4 is 5.32 Å². The molecule has 1 rings (SSSR count). The molecule has 0 aliphatic rings. The Balaban J connectivity index is 2.68. The molecule has 0 bridgehead atoms. The molecule has 0 aliphatic carbocycles. The highest BCUT2D eigenvalue weighted by atomic mass is 32.1. The SMILES string of the molecule is CCC(CC)NC(=O)c1cc(C)c(C)s1. The Kier molecular flexibility index (Phi) is 4.33. The molecule has 2 nitrogen and oxygen atoms in total. The van der Waals surface area contributed by atoms with E-state index in [2.05, 4.69) is 19.2 Å². The largest absolute Gasteiger partial charge is 0.349 e. The minimum atomic E-state index is 0.0740. The van der Waals surface area contributed by atoms with Gasteiger partial charge in [-0.15, -0.1) is 11.3 Å². The molecule has 0 radical (unpaired) electrons. The van der Waals surface area contributed by atoms with E-state index in [1.165, 1.54) is 10.4 Å². The van der Waals surface area contributed by atoms with Crippen LogP contribution >= 0.6 is 11.3 Å². The summed E-state index contributed by atoms with van der Waals surface area (Å²) < 4.78 is 0. The summed E-state index contributed by atoms with van der Waals surface area (Å²) in [6.07, 6.45) is 1.98. The van der Waals surface area contributed by atoms with Crippen LogP contribution in [-0.4, -0.2) is 11.9 Å². The monoisotopic (exact) mass is 225 g/mol. The van der Waals surface area contributed by atoms with Crippen molar-refractivity contribution in [3.63, 3.8) is 0 Å². The molecule has 3 heteroatoms. The van der Waals surface area contributed by atoms with Gasteiger partial charge >= 0.3 is 0 Å². The molecule has 1 heterocycles. The Morgan fingerprint density at radius 2 is 2.00 bits per heavy atom. The lowest BCUT2D eigenvalue weighted by atomic mass is 10.1. The Labute approximate surface area is 95.7 Å². The second kappa shape index (κ2) is 5.31. The highest BCUT2D eigenvalue weighted by Crippen LogP contribution is 2.20. The fraction of sp³-hybridized carbons (Fsp3) is 0.583. The average Bonchev–Trinajstić information content (AvgIpc) is 2.55. The molecule has 1 amide bonds. The normalized spacial score (nSPS) is 10.7. The van der Waals surface area contributed by atoms with Crippen LogP contribution in [0.1, 0.15) is 46.8 Å². The summed E-state index contributed by atoms with van der Waals surface area (Å²) in [5.41, 5.74) is 1.20. The van der Waals surface area contributed by atoms with E-state index in [0.717, 1.165) is 17.7 Å². The third kappa shape index (κ3) is 3.06. The van der Waals surface area contributed by atoms with Gasteiger partial charge in [0.15, 0.2) is 0 Å². The molecule has 0 atom stereocenters. The third-order valence-electron chi connectivity index (χ3n) is 2.71. The summed E-state index contributed by atoms with van der Waals surface area (Å²) in [6, 6.07) is 2.28. The Morgan fingerprint density at radius 1 is 1.40 bits per heavy atom. The molecule has 0 unspecified atom stereocenters. The first-order valence-corrected chi connectivity index (χ1v) is 6.28. The summed E-state index contributed by atoms with van der Waals surface area (Å²) in [6.45, 7) is 8.28. The van der Waals surface area contributed by atoms with E-state index in [1.54, 1.807) is 11.3 Å². The van der Waals surface area contributed by atoms with Crippen LogP contribution in [0.15, 0.2) is 6.07 Å². The van der Waals surface area contributed by atoms with Crippen molar-refractivity contribution in [2.75, 3.05) is 0 Å². The van der Waals surface area contributed by atoms with Gasteiger partial charge in [0, 0.05) is 10.9 Å². The Morgan fingerprint density at radius 3 is 2.40 bits per heavy atom. The molecule has 0 spiro atoms. The Hall–Kier alpha value is -0.830. The first kappa shape index (κ1) is 12.2. The Bertz CT molecular complexity index is 320. The van der Waals surface area contributed by atoms with Crippen molar-refractivity contribution in [3.8, 4) is 0 Å². The third-order valence-corrected chi connectivity index (χ3v) is 3.86. The van der Waals surface area contributed by atoms with Gasteiger partial charge in [-0.05, 0) is 38.3 Å². The summed E-state index contributed by atoms with van der Waals surface area (Å²) in [7, 11) is 0. The molecule has 84 valence electrons. The van der Waals surface area contributed by atoms with Crippen LogP contribution in [0.5, 0.6) is 0 Å². The smallest absolute Gasteiger partial charge is 0.261 e. The zero-order chi connectivity index (χ0) is 11.4. The average molecular weight is 225 g/mol. The maximum atomic E-state index is 11.8. The minimum Gasteiger partial charge on any atom is -0.349 e. The number of thiophene rings is 1. The van der Waals surface area contributed by atoms with Gasteiger partial charge in [0.05, 0.1) is 4.88 Å². The van der Waals surface area contributed by atoms with E-state index in [1.807, 2.05) is 19.9 Å². The van der Waals surface area contributed by atoms with Crippen LogP contribution in [0.4, 0.5) is 0 Å². The van der Waals surface area contributed by atoms with Crippen molar-refractivity contribution >= 4 is 17.2 Å². The highest BCUT2D eigenvalue weighted by Gasteiger charge is 2.13. The van der Waals surface area contributed by atoms with Gasteiger partial charge in [0.2, 0.25) is 0 Å². The van der Waals surface area contributed by atoms with E-state index < -0.39 is 0 Å². The molecule has 0 fully saturated rings. The van der Waals surface area contributed by atoms with Gasteiger partial charge in [-0.3, -0.25) is 4.79 Å². The number of nitrogens with one attached hydrogen (secondary N) is 1. The van der Waals surface area contributed by atoms with Crippen molar-refractivity contribution in [1.82, 2.24) is 5.32 Å². The lowest BCUT2D eigenvalue weighted by molar-refractivity contribution is 0.0939. The lowest BCUT2D eigenvalue weighted by Crippen LogP contribution is -2.33. The second-order valence-electron chi connectivity index (χ2n) is 3.84. The molecule has 1 N–H and O–H groups in total. The maximum absolute atomic E-state index is 11.8. The predicted molar refractivity (Wildman–Crippen MR) is 65.6 cm³/mol. The van der Waals surface area contributed by atoms with Crippen LogP contribution in [0.25, 0.3) is 0 Å². The predicted octanol–water partition coefficient (Wildman–Crippen LogP) is 3.28. The lowest BCUT2D eigenvalue weighted by Gasteiger charge is -2.13. The summed E-state index contributed by atoms with van der Waals surface area (Å²) in [5, 5.41) is 3.04. The summed E-state index contributed by atoms with van der Waals surface area (Å²) in [5.74, 6) is 0.0740. The zero-order valence-corrected chi connectivity index (χ0v) is 10.7. The highest BCUT2D eigenvalue weighted by molar-refractivity contribution is 7.14. The van der Waals surface area contributed by atoms with Gasteiger partial charge < -0.3 is 5.32 Å². The van der Waals surface area contributed by atoms with Crippen LogP contribution in [0.3, 0.4) is 0 Å². The van der Waals surface area contributed by atoms with Crippen molar-refractivity contribution in [2.45, 2.75) is 46.6 Å². The first-order chi connectivity index (χ1) is 7.08. The summed E-state index contributed by atoms with van der Waals surface area (Å²) in [4.78, 5) is 13.9. The quantitative estimate of drug-likeness (QED) is 0.837. The first-order valence-electron chi connectivity index (χ1n) is 5.46. The van der Waals surface area contributed by atoms with Crippen molar-refractivity contribution in [1.29, 1.82) is 0 Å². The number of hydrogen-bond donors (Lipinski definition) is 1. The number of carbonyl (C=O) groups excluding carboxylic acids is 1. The van der Waals surface area contributed by atoms with Gasteiger partial charge in [-0.1, -0.05) is 13.8 Å². The van der Waals surface area contributed by atoms with Crippen LogP contribution in [0.2, 0.25) is 0 Å². The topological polar surface area (TPSA) is 29.1 Å². The van der Waals surface area contributed by atoms with Gasteiger partial charge in [0.25, 0.3) is 5.91 Å². The minimum absolute atomic E-state index is 0.0740. The standard InChI is InChI=1S/C12H19NOS/c1-5-10(6-2)13-12(14)11-7-8(3)9(4)15-11/h7,10H,5-6H2,1-4H3,(H,13,14). The van der Waals surface area contributed by atoms with Gasteiger partial charge in [-0.2, -0.15) is 0 Å². The van der Waals surface area contributed by atoms with E-state index in [0.29, 0.717) is 6.04 Å². The number of carbonyl (C=O) groups is 1. The van der Waals surface area contributed by atoms with Crippen LogP contribution in [0, 0.1) is 13.8 Å². The fourth-order valence-corrected chi connectivity index (χ4v) is 2.37. The van der Waals surface area contributed by atoms with E-state index >= 15 is 0 Å². The van der Waals surface area contributed by atoms with Crippen molar-refractivity contribution in [2.24, 2.45) is 0 Å². The molecule has 0 aromatic carbocycles. The molecule has 15 heavy (non-hydrogen) atoms. The van der Waals surface area contributed by atoms with Crippen molar-refractivity contribution in [3.05, 3.63) is 21.4 Å². The number of aryl methyl sites for hydroxylation is 2. The van der Waals surface area contributed by atoms with Gasteiger partial charge in [0.1, 0.15) is 0 Å². The van der Waals surface area contributed by atoms with Gasteiger partial charge in [-0.25, -0.2) is 0 Å². The summed E-state index contributed by atoms with van der Waals surface area (Å²) >= 11 is 1.57. The van der Waals surface area contributed by atoms with E-state index in [4.69, 9.17) is 0 Å². The fourth-order valence-electron chi connectivity index (χ4n) is 1.43.